The maximum atomic E-state index is 11.0. The number of rotatable bonds is 1. The predicted molar refractivity (Wildman–Crippen MR) is 22.7 cm³/mol. The van der Waals surface area contributed by atoms with Gasteiger partial charge in [0.25, 0.3) is 0 Å². The molecule has 0 fully saturated rings. The van der Waals surface area contributed by atoms with E-state index in [1.807, 2.05) is 4.72 Å². The smallest absolute Gasteiger partial charge is 0.260 e. The SMILES string of the molecule is CNSC(F)(F)F. The maximum Gasteiger partial charge on any atom is 0.456 e. The summed E-state index contributed by atoms with van der Waals surface area (Å²) in [7, 11) is 1.22. The molecule has 7 heavy (non-hydrogen) atoms. The minimum Gasteiger partial charge on any atom is -0.260 e. The zero-order chi connectivity index (χ0) is 5.91. The molecule has 0 unspecified atom stereocenters. The second-order valence-electron chi connectivity index (χ2n) is 0.752. The molecule has 0 saturated heterocycles. The number of halogens is 3. The van der Waals surface area contributed by atoms with Crippen molar-refractivity contribution in [3.05, 3.63) is 0 Å². The fourth-order valence-electron chi connectivity index (χ4n) is 0.116. The first kappa shape index (κ1) is 7.10. The Bertz CT molecular complexity index is 51.4. The minimum atomic E-state index is -4.14. The second kappa shape index (κ2) is 2.42. The minimum absolute atomic E-state index is 0.262. The van der Waals surface area contributed by atoms with E-state index in [-0.39, 0.29) is 11.9 Å². The van der Waals surface area contributed by atoms with E-state index in [0.29, 0.717) is 0 Å². The Morgan fingerprint density at radius 3 is 1.86 bits per heavy atom. The average molecular weight is 131 g/mol. The van der Waals surface area contributed by atoms with Crippen molar-refractivity contribution in [2.24, 2.45) is 0 Å². The van der Waals surface area contributed by atoms with Crippen molar-refractivity contribution >= 4 is 11.9 Å². The van der Waals surface area contributed by atoms with Crippen molar-refractivity contribution in [1.82, 2.24) is 4.72 Å². The number of alkyl halides is 3. The molecule has 44 valence electrons. The van der Waals surface area contributed by atoms with Crippen molar-refractivity contribution in [2.75, 3.05) is 7.05 Å². The van der Waals surface area contributed by atoms with E-state index >= 15 is 0 Å². The molecule has 0 aromatic heterocycles. The van der Waals surface area contributed by atoms with Gasteiger partial charge in [0.15, 0.2) is 0 Å². The van der Waals surface area contributed by atoms with Crippen molar-refractivity contribution in [3.63, 3.8) is 0 Å². The van der Waals surface area contributed by atoms with Crippen LogP contribution in [0.25, 0.3) is 0 Å². The first-order valence-electron chi connectivity index (χ1n) is 1.48. The quantitative estimate of drug-likeness (QED) is 0.539. The lowest BCUT2D eigenvalue weighted by atomic mass is 11.5. The summed E-state index contributed by atoms with van der Waals surface area (Å²) >= 11 is -0.262. The molecule has 0 aliphatic rings. The zero-order valence-corrected chi connectivity index (χ0v) is 4.36. The molecule has 1 nitrogen and oxygen atoms in total. The van der Waals surface area contributed by atoms with E-state index in [0.717, 1.165) is 0 Å². The van der Waals surface area contributed by atoms with Crippen LogP contribution in [0, 0.1) is 0 Å². The van der Waals surface area contributed by atoms with Gasteiger partial charge in [0.2, 0.25) is 0 Å². The van der Waals surface area contributed by atoms with Crippen LogP contribution in [0.5, 0.6) is 0 Å². The third-order valence-electron chi connectivity index (χ3n) is 0.218. The molecular formula is C2H4F3NS. The molecule has 0 aromatic rings. The summed E-state index contributed by atoms with van der Waals surface area (Å²) in [4.78, 5) is 0. The molecule has 0 spiro atoms. The molecule has 0 aromatic carbocycles. The molecule has 0 aliphatic heterocycles. The van der Waals surface area contributed by atoms with Gasteiger partial charge in [-0.05, 0) is 7.05 Å². The third kappa shape index (κ3) is 6.10. The van der Waals surface area contributed by atoms with E-state index in [1.54, 1.807) is 0 Å². The summed E-state index contributed by atoms with van der Waals surface area (Å²) in [6.45, 7) is 0. The van der Waals surface area contributed by atoms with Gasteiger partial charge >= 0.3 is 5.51 Å². The van der Waals surface area contributed by atoms with Crippen LogP contribution < -0.4 is 4.72 Å². The Kier molecular flexibility index (Phi) is 2.45. The topological polar surface area (TPSA) is 12.0 Å². The van der Waals surface area contributed by atoms with E-state index in [9.17, 15) is 13.2 Å². The normalized spacial score (nSPS) is 12.0. The van der Waals surface area contributed by atoms with Crippen LogP contribution in [-0.2, 0) is 0 Å². The largest absolute Gasteiger partial charge is 0.456 e. The first-order chi connectivity index (χ1) is 3.06. The summed E-state index contributed by atoms with van der Waals surface area (Å²) in [5, 5.41) is 0. The Balaban J connectivity index is 3.15. The molecule has 0 heterocycles. The molecule has 0 rings (SSSR count). The highest BCUT2D eigenvalue weighted by Crippen LogP contribution is 2.26. The van der Waals surface area contributed by atoms with Crippen molar-refractivity contribution in [3.8, 4) is 0 Å². The highest BCUT2D eigenvalue weighted by molar-refractivity contribution is 7.98. The van der Waals surface area contributed by atoms with Crippen LogP contribution >= 0.6 is 11.9 Å². The summed E-state index contributed by atoms with van der Waals surface area (Å²) in [5.74, 6) is 0. The average Bonchev–Trinajstić information content (AvgIpc) is 1.30. The van der Waals surface area contributed by atoms with Gasteiger partial charge in [-0.1, -0.05) is 0 Å². The van der Waals surface area contributed by atoms with Crippen LogP contribution in [0.15, 0.2) is 0 Å². The maximum absolute atomic E-state index is 11.0. The molecular weight excluding hydrogens is 127 g/mol. The molecule has 0 atom stereocenters. The molecule has 0 radical (unpaired) electrons. The third-order valence-corrected chi connectivity index (χ3v) is 0.653. The van der Waals surface area contributed by atoms with Gasteiger partial charge in [0.05, 0.1) is 0 Å². The monoisotopic (exact) mass is 131 g/mol. The van der Waals surface area contributed by atoms with Gasteiger partial charge in [-0.3, -0.25) is 4.72 Å². The summed E-state index contributed by atoms with van der Waals surface area (Å²) in [6, 6.07) is 0. The fraction of sp³-hybridized carbons (Fsp3) is 1.00. The molecule has 5 heteroatoms. The van der Waals surface area contributed by atoms with Crippen LogP contribution in [0.1, 0.15) is 0 Å². The van der Waals surface area contributed by atoms with Crippen molar-refractivity contribution in [1.29, 1.82) is 0 Å². The molecule has 0 bridgehead atoms. The number of nitrogens with one attached hydrogen (secondary N) is 1. The standard InChI is InChI=1S/C2H4F3NS/c1-6-7-2(3,4)5/h6H,1H3. The van der Waals surface area contributed by atoms with Crippen LogP contribution in [0.2, 0.25) is 0 Å². The Morgan fingerprint density at radius 1 is 1.43 bits per heavy atom. The van der Waals surface area contributed by atoms with Crippen molar-refractivity contribution < 1.29 is 13.2 Å². The van der Waals surface area contributed by atoms with Crippen LogP contribution in [-0.4, -0.2) is 12.6 Å². The lowest BCUT2D eigenvalue weighted by Gasteiger charge is -2.00. The number of hydrogen-bond donors (Lipinski definition) is 1. The highest BCUT2D eigenvalue weighted by Gasteiger charge is 2.27. The lowest BCUT2D eigenvalue weighted by Crippen LogP contribution is -2.07. The summed E-state index contributed by atoms with van der Waals surface area (Å²) < 4.78 is 34.8. The molecule has 0 amide bonds. The van der Waals surface area contributed by atoms with Crippen LogP contribution in [0.3, 0.4) is 0 Å². The molecule has 1 N–H and O–H groups in total. The van der Waals surface area contributed by atoms with Gasteiger partial charge < -0.3 is 0 Å². The van der Waals surface area contributed by atoms with E-state index in [1.165, 1.54) is 7.05 Å². The lowest BCUT2D eigenvalue weighted by molar-refractivity contribution is -0.0334. The van der Waals surface area contributed by atoms with Crippen LogP contribution in [0.4, 0.5) is 13.2 Å². The first-order valence-corrected chi connectivity index (χ1v) is 2.29. The van der Waals surface area contributed by atoms with E-state index in [2.05, 4.69) is 0 Å². The highest BCUT2D eigenvalue weighted by atomic mass is 32.2. The molecule has 0 saturated carbocycles. The summed E-state index contributed by atoms with van der Waals surface area (Å²) in [6.07, 6.45) is 0. The number of hydrogen-bond acceptors (Lipinski definition) is 2. The van der Waals surface area contributed by atoms with Gasteiger partial charge in [-0.2, -0.15) is 13.2 Å². The van der Waals surface area contributed by atoms with Gasteiger partial charge in [-0.25, -0.2) is 0 Å². The Hall–Kier alpha value is 0.100. The molecule has 0 aliphatic carbocycles. The predicted octanol–water partition coefficient (Wildman–Crippen LogP) is 1.37. The van der Waals surface area contributed by atoms with Gasteiger partial charge in [0.1, 0.15) is 0 Å². The Morgan fingerprint density at radius 2 is 1.86 bits per heavy atom. The zero-order valence-electron chi connectivity index (χ0n) is 3.54. The Labute approximate surface area is 43.4 Å². The van der Waals surface area contributed by atoms with E-state index < -0.39 is 5.51 Å². The van der Waals surface area contributed by atoms with E-state index in [4.69, 9.17) is 0 Å². The fourth-order valence-corrected chi connectivity index (χ4v) is 0.347. The van der Waals surface area contributed by atoms with Crippen molar-refractivity contribution in [2.45, 2.75) is 5.51 Å². The summed E-state index contributed by atoms with van der Waals surface area (Å²) in [5.41, 5.74) is -4.14. The second-order valence-corrected chi connectivity index (χ2v) is 1.83. The van der Waals surface area contributed by atoms with Gasteiger partial charge in [0, 0.05) is 11.9 Å². The van der Waals surface area contributed by atoms with Gasteiger partial charge in [-0.15, -0.1) is 0 Å².